The van der Waals surface area contributed by atoms with Crippen LogP contribution in [0.4, 0.5) is 0 Å². The zero-order valence-electron chi connectivity index (χ0n) is 8.10. The van der Waals surface area contributed by atoms with E-state index in [2.05, 4.69) is 26.2 Å². The van der Waals surface area contributed by atoms with Crippen molar-refractivity contribution in [1.82, 2.24) is 0 Å². The molecule has 0 N–H and O–H groups in total. The van der Waals surface area contributed by atoms with Gasteiger partial charge in [-0.2, -0.15) is 0 Å². The molecule has 2 nitrogen and oxygen atoms in total. The Hall–Kier alpha value is -0.283. The van der Waals surface area contributed by atoms with Crippen LogP contribution in [0.3, 0.4) is 0 Å². The minimum atomic E-state index is -1.50. The lowest BCUT2D eigenvalue weighted by Crippen LogP contribution is -2.39. The maximum Gasteiger partial charge on any atom is 0.194 e. The lowest BCUT2D eigenvalue weighted by Gasteiger charge is -2.31. The molecule has 66 valence electrons. The Bertz CT molecular complexity index is 136. The van der Waals surface area contributed by atoms with Crippen molar-refractivity contribution in [3.05, 3.63) is 12.8 Å². The van der Waals surface area contributed by atoms with Gasteiger partial charge in [-0.25, -0.2) is 0 Å². The van der Waals surface area contributed by atoms with E-state index in [-0.39, 0.29) is 0 Å². The first-order valence-electron chi connectivity index (χ1n) is 3.76. The van der Waals surface area contributed by atoms with Gasteiger partial charge in [0.25, 0.3) is 0 Å². The van der Waals surface area contributed by atoms with Crippen molar-refractivity contribution in [2.24, 2.45) is 0 Å². The Labute approximate surface area is 70.3 Å². The van der Waals surface area contributed by atoms with E-state index in [4.69, 9.17) is 9.16 Å². The van der Waals surface area contributed by atoms with Crippen molar-refractivity contribution in [3.8, 4) is 0 Å². The van der Waals surface area contributed by atoms with Crippen LogP contribution in [0.1, 0.15) is 13.8 Å². The predicted molar refractivity (Wildman–Crippen MR) is 49.8 cm³/mol. The molecule has 0 amide bonds. The topological polar surface area (TPSA) is 18.5 Å². The van der Waals surface area contributed by atoms with E-state index in [9.17, 15) is 0 Å². The number of ether oxygens (including phenoxy) is 1. The zero-order valence-corrected chi connectivity index (χ0v) is 9.10. The molecule has 3 heteroatoms. The highest BCUT2D eigenvalue weighted by atomic mass is 28.4. The van der Waals surface area contributed by atoms with Gasteiger partial charge in [-0.05, 0) is 33.5 Å². The molecule has 0 heterocycles. The van der Waals surface area contributed by atoms with Crippen LogP contribution in [-0.2, 0) is 9.16 Å². The summed E-state index contributed by atoms with van der Waals surface area (Å²) in [7, 11) is -1.50. The normalized spacial score (nSPS) is 12.8. The molecule has 0 aliphatic heterocycles. The highest BCUT2D eigenvalue weighted by Gasteiger charge is 2.27. The molecule has 0 spiro atoms. The second-order valence-corrected chi connectivity index (χ2v) is 8.33. The van der Waals surface area contributed by atoms with Crippen LogP contribution in [0.2, 0.25) is 19.6 Å². The molecule has 0 saturated heterocycles. The van der Waals surface area contributed by atoms with Crippen molar-refractivity contribution in [2.45, 2.75) is 39.3 Å². The van der Waals surface area contributed by atoms with Crippen molar-refractivity contribution in [2.75, 3.05) is 0 Å². The van der Waals surface area contributed by atoms with E-state index in [1.807, 2.05) is 13.8 Å². The third-order valence-electron chi connectivity index (χ3n) is 0.919. The van der Waals surface area contributed by atoms with Gasteiger partial charge in [0, 0.05) is 0 Å². The third kappa shape index (κ3) is 6.13. The summed E-state index contributed by atoms with van der Waals surface area (Å²) in [6.45, 7) is 13.7. The SMILES string of the molecule is C=COC(C)(C)O[Si](C)(C)C. The van der Waals surface area contributed by atoms with E-state index >= 15 is 0 Å². The van der Waals surface area contributed by atoms with Gasteiger partial charge in [0.15, 0.2) is 14.1 Å². The second-order valence-electron chi connectivity index (χ2n) is 3.90. The van der Waals surface area contributed by atoms with Crippen LogP contribution in [0, 0.1) is 0 Å². The summed E-state index contributed by atoms with van der Waals surface area (Å²) >= 11 is 0. The van der Waals surface area contributed by atoms with Crippen LogP contribution in [0.25, 0.3) is 0 Å². The molecule has 0 aliphatic rings. The van der Waals surface area contributed by atoms with E-state index in [0.717, 1.165) is 0 Å². The predicted octanol–water partition coefficient (Wildman–Crippen LogP) is 2.73. The van der Waals surface area contributed by atoms with Crippen molar-refractivity contribution >= 4 is 8.32 Å². The van der Waals surface area contributed by atoms with Crippen LogP contribution in [0.15, 0.2) is 12.8 Å². The second kappa shape index (κ2) is 3.41. The minimum absolute atomic E-state index is 0.522. The summed E-state index contributed by atoms with van der Waals surface area (Å²) in [6.07, 6.45) is 1.42. The van der Waals surface area contributed by atoms with Gasteiger partial charge in [-0.15, -0.1) is 0 Å². The van der Waals surface area contributed by atoms with Crippen molar-refractivity contribution < 1.29 is 9.16 Å². The molecular formula is C8H18O2Si. The van der Waals surface area contributed by atoms with Gasteiger partial charge in [0.2, 0.25) is 0 Å². The molecule has 0 saturated carbocycles. The standard InChI is InChI=1S/C8H18O2Si/c1-7-9-8(2,3)10-11(4,5)6/h7H,1H2,2-6H3. The smallest absolute Gasteiger partial charge is 0.194 e. The number of hydrogen-bond donors (Lipinski definition) is 0. The quantitative estimate of drug-likeness (QED) is 0.371. The summed E-state index contributed by atoms with van der Waals surface area (Å²) in [5.41, 5.74) is 0. The average Bonchev–Trinajstić information content (AvgIpc) is 1.55. The van der Waals surface area contributed by atoms with E-state index in [1.165, 1.54) is 6.26 Å². The number of rotatable bonds is 4. The fourth-order valence-corrected chi connectivity index (χ4v) is 2.48. The van der Waals surface area contributed by atoms with Crippen LogP contribution in [-0.4, -0.2) is 14.1 Å². The Balaban J connectivity index is 4.00. The first-order chi connectivity index (χ1) is 4.77. The largest absolute Gasteiger partial charge is 0.472 e. The molecule has 0 atom stereocenters. The van der Waals surface area contributed by atoms with Gasteiger partial charge in [0.05, 0.1) is 6.26 Å². The first kappa shape index (κ1) is 10.7. The summed E-state index contributed by atoms with van der Waals surface area (Å²) in [6, 6.07) is 0. The monoisotopic (exact) mass is 174 g/mol. The molecular weight excluding hydrogens is 156 g/mol. The Kier molecular flexibility index (Phi) is 3.32. The highest BCUT2D eigenvalue weighted by Crippen LogP contribution is 2.18. The van der Waals surface area contributed by atoms with E-state index in [1.54, 1.807) is 0 Å². The van der Waals surface area contributed by atoms with Crippen molar-refractivity contribution in [3.63, 3.8) is 0 Å². The fraction of sp³-hybridized carbons (Fsp3) is 0.750. The van der Waals surface area contributed by atoms with Crippen LogP contribution in [0.5, 0.6) is 0 Å². The van der Waals surface area contributed by atoms with Gasteiger partial charge in [-0.3, -0.25) is 0 Å². The van der Waals surface area contributed by atoms with Gasteiger partial charge >= 0.3 is 0 Å². The summed E-state index contributed by atoms with van der Waals surface area (Å²) in [4.78, 5) is 0. The molecule has 0 radical (unpaired) electrons. The van der Waals surface area contributed by atoms with Crippen molar-refractivity contribution in [1.29, 1.82) is 0 Å². The van der Waals surface area contributed by atoms with E-state index in [0.29, 0.717) is 0 Å². The maximum atomic E-state index is 5.71. The summed E-state index contributed by atoms with van der Waals surface area (Å²) in [5.74, 6) is -0.522. The molecule has 0 aromatic heterocycles. The number of hydrogen-bond acceptors (Lipinski definition) is 2. The summed E-state index contributed by atoms with van der Waals surface area (Å²) < 4.78 is 10.9. The van der Waals surface area contributed by atoms with Crippen LogP contribution < -0.4 is 0 Å². The zero-order chi connectivity index (χ0) is 9.12. The molecule has 0 rings (SSSR count). The Morgan fingerprint density at radius 3 is 2.00 bits per heavy atom. The average molecular weight is 174 g/mol. The third-order valence-corrected chi connectivity index (χ3v) is 2.02. The van der Waals surface area contributed by atoms with Gasteiger partial charge in [-0.1, -0.05) is 6.58 Å². The molecule has 11 heavy (non-hydrogen) atoms. The molecule has 0 aromatic carbocycles. The fourth-order valence-electron chi connectivity index (χ4n) is 0.962. The Morgan fingerprint density at radius 1 is 1.27 bits per heavy atom. The van der Waals surface area contributed by atoms with Gasteiger partial charge < -0.3 is 9.16 Å². The summed E-state index contributed by atoms with van der Waals surface area (Å²) in [5, 5.41) is 0. The highest BCUT2D eigenvalue weighted by molar-refractivity contribution is 6.69. The molecule has 0 aliphatic carbocycles. The molecule has 0 aromatic rings. The first-order valence-corrected chi connectivity index (χ1v) is 7.16. The lowest BCUT2D eigenvalue weighted by atomic mass is 10.4. The minimum Gasteiger partial charge on any atom is -0.472 e. The maximum absolute atomic E-state index is 5.71. The van der Waals surface area contributed by atoms with Crippen LogP contribution >= 0.6 is 0 Å². The molecule has 0 bridgehead atoms. The lowest BCUT2D eigenvalue weighted by molar-refractivity contribution is -0.119. The van der Waals surface area contributed by atoms with Gasteiger partial charge in [0.1, 0.15) is 0 Å². The Morgan fingerprint density at radius 2 is 1.73 bits per heavy atom. The molecule has 0 unspecified atom stereocenters. The molecule has 0 fully saturated rings. The van der Waals surface area contributed by atoms with E-state index < -0.39 is 14.1 Å².